The van der Waals surface area contributed by atoms with Crippen LogP contribution in [0.25, 0.3) is 6.08 Å². The van der Waals surface area contributed by atoms with Crippen molar-refractivity contribution in [3.63, 3.8) is 0 Å². The van der Waals surface area contributed by atoms with Crippen LogP contribution >= 0.6 is 27.7 Å². The van der Waals surface area contributed by atoms with E-state index in [1.165, 1.54) is 23.9 Å². The van der Waals surface area contributed by atoms with Crippen molar-refractivity contribution >= 4 is 56.5 Å². The van der Waals surface area contributed by atoms with Crippen molar-refractivity contribution in [1.82, 2.24) is 4.90 Å². The molecule has 1 amide bonds. The minimum Gasteiger partial charge on any atom is -0.478 e. The number of halogens is 1. The maximum atomic E-state index is 12.6. The van der Waals surface area contributed by atoms with Crippen LogP contribution in [0.4, 0.5) is 5.69 Å². The second-order valence-electron chi connectivity index (χ2n) is 5.46. The van der Waals surface area contributed by atoms with E-state index >= 15 is 0 Å². The maximum Gasteiger partial charge on any atom is 0.335 e. The molecule has 0 aliphatic carbocycles. The lowest BCUT2D eigenvalue weighted by molar-refractivity contribution is -0.122. The van der Waals surface area contributed by atoms with Gasteiger partial charge >= 0.3 is 5.97 Å². The van der Waals surface area contributed by atoms with Crippen molar-refractivity contribution in [2.24, 2.45) is 4.99 Å². The Bertz CT molecular complexity index is 905. The van der Waals surface area contributed by atoms with Gasteiger partial charge in [0.25, 0.3) is 5.91 Å². The molecule has 0 radical (unpaired) electrons. The monoisotopic (exact) mass is 430 g/mol. The average molecular weight is 431 g/mol. The second kappa shape index (κ2) is 7.88. The molecule has 1 aliphatic rings. The van der Waals surface area contributed by atoms with Crippen LogP contribution in [-0.4, -0.2) is 33.6 Å². The van der Waals surface area contributed by atoms with Gasteiger partial charge < -0.3 is 5.11 Å². The van der Waals surface area contributed by atoms with E-state index in [2.05, 4.69) is 20.9 Å². The molecule has 3 rings (SSSR count). The fraction of sp³-hybridized carbons (Fsp3) is 0.105. The molecule has 0 atom stereocenters. The van der Waals surface area contributed by atoms with Crippen LogP contribution in [0.15, 0.2) is 62.9 Å². The Morgan fingerprint density at radius 2 is 1.85 bits per heavy atom. The maximum absolute atomic E-state index is 12.6. The predicted octanol–water partition coefficient (Wildman–Crippen LogP) is 4.77. The van der Waals surface area contributed by atoms with E-state index in [1.807, 2.05) is 37.3 Å². The zero-order chi connectivity index (χ0) is 18.7. The quantitative estimate of drug-likeness (QED) is 0.708. The number of carboxylic acids is 1. The van der Waals surface area contributed by atoms with Crippen molar-refractivity contribution in [2.45, 2.75) is 6.92 Å². The number of hydrogen-bond donors (Lipinski definition) is 1. The number of nitrogens with zero attached hydrogens (tertiary/aromatic N) is 2. The molecule has 0 spiro atoms. The highest BCUT2D eigenvalue weighted by molar-refractivity contribution is 9.10. The van der Waals surface area contributed by atoms with Crippen LogP contribution in [-0.2, 0) is 4.79 Å². The predicted molar refractivity (Wildman–Crippen MR) is 108 cm³/mol. The first-order valence-corrected chi connectivity index (χ1v) is 9.48. The third kappa shape index (κ3) is 4.05. The van der Waals surface area contributed by atoms with Crippen molar-refractivity contribution in [1.29, 1.82) is 0 Å². The summed E-state index contributed by atoms with van der Waals surface area (Å²) in [6.45, 7) is 2.40. The van der Waals surface area contributed by atoms with E-state index in [9.17, 15) is 9.59 Å². The topological polar surface area (TPSA) is 70.0 Å². The SMILES string of the molecule is CCN1C(=O)C(=Cc2ccc(Br)cc2)SC1=Nc1ccc(C(=O)O)cc1. The summed E-state index contributed by atoms with van der Waals surface area (Å²) < 4.78 is 0.979. The summed E-state index contributed by atoms with van der Waals surface area (Å²) in [5.74, 6) is -1.06. The van der Waals surface area contributed by atoms with Gasteiger partial charge in [-0.1, -0.05) is 28.1 Å². The number of amides is 1. The fourth-order valence-corrected chi connectivity index (χ4v) is 3.70. The van der Waals surface area contributed by atoms with Gasteiger partial charge in [-0.3, -0.25) is 9.69 Å². The molecular formula is C19H15BrN2O3S. The molecule has 26 heavy (non-hydrogen) atoms. The largest absolute Gasteiger partial charge is 0.478 e. The first kappa shape index (κ1) is 18.4. The van der Waals surface area contributed by atoms with E-state index in [1.54, 1.807) is 17.0 Å². The molecule has 0 unspecified atom stereocenters. The van der Waals surface area contributed by atoms with E-state index in [0.717, 1.165) is 10.0 Å². The number of rotatable bonds is 4. The highest BCUT2D eigenvalue weighted by Crippen LogP contribution is 2.34. The van der Waals surface area contributed by atoms with Crippen molar-refractivity contribution in [2.75, 3.05) is 6.54 Å². The molecule has 1 N–H and O–H groups in total. The molecule has 0 saturated carbocycles. The molecule has 0 aromatic heterocycles. The number of carbonyl (C=O) groups is 2. The number of aliphatic imine (C=N–C) groups is 1. The Labute approximate surface area is 163 Å². The molecule has 1 heterocycles. The van der Waals surface area contributed by atoms with E-state index < -0.39 is 5.97 Å². The molecule has 1 saturated heterocycles. The zero-order valence-electron chi connectivity index (χ0n) is 13.8. The minimum absolute atomic E-state index is 0.0821. The van der Waals surface area contributed by atoms with Crippen LogP contribution < -0.4 is 0 Å². The Hall–Kier alpha value is -2.38. The van der Waals surface area contributed by atoms with Crippen LogP contribution in [0.2, 0.25) is 0 Å². The second-order valence-corrected chi connectivity index (χ2v) is 7.38. The lowest BCUT2D eigenvalue weighted by Crippen LogP contribution is -2.28. The van der Waals surface area contributed by atoms with Crippen molar-refractivity contribution < 1.29 is 14.7 Å². The van der Waals surface area contributed by atoms with E-state index in [4.69, 9.17) is 5.11 Å². The number of amidine groups is 1. The number of carboxylic acid groups (broad SMARTS) is 1. The van der Waals surface area contributed by atoms with E-state index in [0.29, 0.717) is 22.3 Å². The van der Waals surface area contributed by atoms with Gasteiger partial charge in [-0.15, -0.1) is 0 Å². The molecule has 2 aromatic carbocycles. The molecule has 1 aliphatic heterocycles. The number of benzene rings is 2. The number of hydrogen-bond acceptors (Lipinski definition) is 4. The number of likely N-dealkylation sites (N-methyl/N-ethyl adjacent to an activating group) is 1. The lowest BCUT2D eigenvalue weighted by Gasteiger charge is -2.12. The minimum atomic E-state index is -0.982. The Morgan fingerprint density at radius 1 is 1.19 bits per heavy atom. The third-order valence-electron chi connectivity index (χ3n) is 3.71. The number of thioether (sulfide) groups is 1. The van der Waals surface area contributed by atoms with Gasteiger partial charge in [-0.2, -0.15) is 0 Å². The van der Waals surface area contributed by atoms with Gasteiger partial charge in [0.2, 0.25) is 0 Å². The first-order valence-electron chi connectivity index (χ1n) is 7.87. The molecule has 7 heteroatoms. The average Bonchev–Trinajstić information content (AvgIpc) is 2.92. The Kier molecular flexibility index (Phi) is 5.58. The summed E-state index contributed by atoms with van der Waals surface area (Å²) in [6, 6.07) is 14.0. The molecule has 2 aromatic rings. The van der Waals surface area contributed by atoms with Gasteiger partial charge in [-0.25, -0.2) is 9.79 Å². The van der Waals surface area contributed by atoms with Gasteiger partial charge in [-0.05, 0) is 66.7 Å². The normalized spacial score (nSPS) is 17.3. The highest BCUT2D eigenvalue weighted by atomic mass is 79.9. The Balaban J connectivity index is 1.89. The van der Waals surface area contributed by atoms with Gasteiger partial charge in [0.05, 0.1) is 16.2 Å². The van der Waals surface area contributed by atoms with Crippen LogP contribution in [0.1, 0.15) is 22.8 Å². The summed E-state index contributed by atoms with van der Waals surface area (Å²) in [7, 11) is 0. The highest BCUT2D eigenvalue weighted by Gasteiger charge is 2.32. The van der Waals surface area contributed by atoms with E-state index in [-0.39, 0.29) is 11.5 Å². The molecular weight excluding hydrogens is 416 g/mol. The van der Waals surface area contributed by atoms with Crippen LogP contribution in [0, 0.1) is 0 Å². The van der Waals surface area contributed by atoms with Crippen molar-refractivity contribution in [3.8, 4) is 0 Å². The van der Waals surface area contributed by atoms with Gasteiger partial charge in [0.1, 0.15) is 0 Å². The number of carbonyl (C=O) groups excluding carboxylic acids is 1. The van der Waals surface area contributed by atoms with Gasteiger partial charge in [0, 0.05) is 11.0 Å². The number of aromatic carboxylic acids is 1. The molecule has 132 valence electrons. The Morgan fingerprint density at radius 3 is 2.42 bits per heavy atom. The van der Waals surface area contributed by atoms with Crippen LogP contribution in [0.3, 0.4) is 0 Å². The molecule has 0 bridgehead atoms. The van der Waals surface area contributed by atoms with Gasteiger partial charge in [0.15, 0.2) is 5.17 Å². The summed E-state index contributed by atoms with van der Waals surface area (Å²) in [4.78, 5) is 30.3. The fourth-order valence-electron chi connectivity index (χ4n) is 2.37. The summed E-state index contributed by atoms with van der Waals surface area (Å²) in [5, 5.41) is 9.55. The summed E-state index contributed by atoms with van der Waals surface area (Å²) in [5.41, 5.74) is 1.74. The lowest BCUT2D eigenvalue weighted by atomic mass is 10.2. The standard InChI is InChI=1S/C19H15BrN2O3S/c1-2-22-17(23)16(11-12-3-7-14(20)8-4-12)26-19(22)21-15-9-5-13(6-10-15)18(24)25/h3-11H,2H2,1H3,(H,24,25). The molecule has 5 nitrogen and oxygen atoms in total. The first-order chi connectivity index (χ1) is 12.5. The third-order valence-corrected chi connectivity index (χ3v) is 5.25. The van der Waals surface area contributed by atoms with Crippen LogP contribution in [0.5, 0.6) is 0 Å². The summed E-state index contributed by atoms with van der Waals surface area (Å²) >= 11 is 4.71. The zero-order valence-corrected chi connectivity index (χ0v) is 16.3. The summed E-state index contributed by atoms with van der Waals surface area (Å²) in [6.07, 6.45) is 1.85. The van der Waals surface area contributed by atoms with Crippen molar-refractivity contribution in [3.05, 3.63) is 69.0 Å². The molecule has 1 fully saturated rings. The smallest absolute Gasteiger partial charge is 0.335 e.